The van der Waals surface area contributed by atoms with E-state index in [0.29, 0.717) is 0 Å². The van der Waals surface area contributed by atoms with Crippen molar-refractivity contribution in [2.75, 3.05) is 6.54 Å². The van der Waals surface area contributed by atoms with E-state index in [1.54, 1.807) is 0 Å². The summed E-state index contributed by atoms with van der Waals surface area (Å²) in [5, 5.41) is 0. The Hall–Kier alpha value is -0.700. The zero-order valence-corrected chi connectivity index (χ0v) is 5.46. The Morgan fingerprint density at radius 2 is 2.33 bits per heavy atom. The summed E-state index contributed by atoms with van der Waals surface area (Å²) < 4.78 is 0. The summed E-state index contributed by atoms with van der Waals surface area (Å²) in [4.78, 5) is 20.4. The highest BCUT2D eigenvalue weighted by molar-refractivity contribution is 5.78. The lowest BCUT2D eigenvalue weighted by molar-refractivity contribution is -0.121. The number of carbonyl (C=O) groups is 2. The van der Waals surface area contributed by atoms with E-state index in [9.17, 15) is 9.59 Å². The molecule has 0 aromatic rings. The Balaban J connectivity index is 3.55. The zero-order valence-electron chi connectivity index (χ0n) is 5.46. The summed E-state index contributed by atoms with van der Waals surface area (Å²) in [5.74, 6) is -0.264. The summed E-state index contributed by atoms with van der Waals surface area (Å²) in [5.41, 5.74) is 5.15. The van der Waals surface area contributed by atoms with Crippen molar-refractivity contribution in [2.24, 2.45) is 11.7 Å². The average Bonchev–Trinajstić information content (AvgIpc) is 1.82. The summed E-state index contributed by atoms with van der Waals surface area (Å²) in [6, 6.07) is 0. The first kappa shape index (κ1) is 8.30. The van der Waals surface area contributed by atoms with Crippen LogP contribution in [0.4, 0.5) is 0 Å². The molecule has 0 aromatic carbocycles. The van der Waals surface area contributed by atoms with Crippen molar-refractivity contribution in [3.05, 3.63) is 0 Å². The van der Waals surface area contributed by atoms with Crippen LogP contribution in [0.25, 0.3) is 0 Å². The van der Waals surface area contributed by atoms with Gasteiger partial charge in [0.15, 0.2) is 0 Å². The average molecular weight is 129 g/mol. The number of Topliss-reactive ketones (excluding diaryl/α,β-unsaturated/α-hetero) is 1. The number of nitrogens with two attached hydrogens (primary N) is 1. The van der Waals surface area contributed by atoms with Gasteiger partial charge in [0.2, 0.25) is 0 Å². The van der Waals surface area contributed by atoms with Gasteiger partial charge in [-0.2, -0.15) is 0 Å². The highest BCUT2D eigenvalue weighted by Crippen LogP contribution is 1.95. The Morgan fingerprint density at radius 3 is 2.44 bits per heavy atom. The second kappa shape index (κ2) is 4.21. The molecule has 2 N–H and O–H groups in total. The summed E-state index contributed by atoms with van der Waals surface area (Å²) in [7, 11) is 0. The molecule has 0 fully saturated rings. The van der Waals surface area contributed by atoms with E-state index in [2.05, 4.69) is 0 Å². The largest absolute Gasteiger partial charge is 0.330 e. The van der Waals surface area contributed by atoms with Gasteiger partial charge in [0.25, 0.3) is 0 Å². The van der Waals surface area contributed by atoms with E-state index in [4.69, 9.17) is 5.73 Å². The van der Waals surface area contributed by atoms with E-state index in [1.165, 1.54) is 6.92 Å². The highest BCUT2D eigenvalue weighted by atomic mass is 16.1. The normalized spacial score (nSPS) is 12.7. The van der Waals surface area contributed by atoms with Gasteiger partial charge in [-0.3, -0.25) is 0 Å². The predicted molar refractivity (Wildman–Crippen MR) is 33.9 cm³/mol. The van der Waals surface area contributed by atoms with Gasteiger partial charge in [-0.1, -0.05) is 0 Å². The fourth-order valence-electron chi connectivity index (χ4n) is 0.556. The molecule has 3 nitrogen and oxygen atoms in total. The molecule has 0 aliphatic carbocycles. The maximum atomic E-state index is 10.4. The smallest absolute Gasteiger partial charge is 0.130 e. The molecule has 52 valence electrons. The lowest BCUT2D eigenvalue weighted by Crippen LogP contribution is -2.17. The molecule has 0 rings (SSSR count). The first-order valence-corrected chi connectivity index (χ1v) is 2.85. The van der Waals surface area contributed by atoms with Crippen LogP contribution in [0.1, 0.15) is 13.3 Å². The van der Waals surface area contributed by atoms with Gasteiger partial charge in [0, 0.05) is 18.9 Å². The van der Waals surface area contributed by atoms with Crippen molar-refractivity contribution in [3.8, 4) is 0 Å². The van der Waals surface area contributed by atoms with Crippen LogP contribution in [0, 0.1) is 5.92 Å². The fourth-order valence-corrected chi connectivity index (χ4v) is 0.556. The first-order valence-electron chi connectivity index (χ1n) is 2.85. The molecule has 0 radical (unpaired) electrons. The molecular weight excluding hydrogens is 118 g/mol. The molecule has 0 aliphatic rings. The van der Waals surface area contributed by atoms with Gasteiger partial charge in [0.05, 0.1) is 0 Å². The maximum absolute atomic E-state index is 10.4. The van der Waals surface area contributed by atoms with Crippen molar-refractivity contribution >= 4 is 12.1 Å². The van der Waals surface area contributed by atoms with E-state index < -0.39 is 0 Å². The Morgan fingerprint density at radius 1 is 1.78 bits per heavy atom. The van der Waals surface area contributed by atoms with Gasteiger partial charge in [-0.25, -0.2) is 0 Å². The molecule has 0 saturated heterocycles. The number of aldehydes is 1. The molecule has 0 aromatic heterocycles. The monoisotopic (exact) mass is 129 g/mol. The standard InChI is InChI=1S/C6H11NO2/c1-5(9)2-6(3-7)4-8/h4,6H,2-3,7H2,1H3. The quantitative estimate of drug-likeness (QED) is 0.532. The lowest BCUT2D eigenvalue weighted by atomic mass is 10.1. The van der Waals surface area contributed by atoms with Crippen molar-refractivity contribution in [3.63, 3.8) is 0 Å². The number of rotatable bonds is 4. The minimum atomic E-state index is -0.275. The molecule has 3 heteroatoms. The van der Waals surface area contributed by atoms with E-state index in [1.807, 2.05) is 0 Å². The number of carbonyl (C=O) groups excluding carboxylic acids is 2. The molecule has 0 saturated carbocycles. The maximum Gasteiger partial charge on any atom is 0.130 e. The third kappa shape index (κ3) is 3.85. The van der Waals surface area contributed by atoms with Crippen LogP contribution >= 0.6 is 0 Å². The van der Waals surface area contributed by atoms with E-state index >= 15 is 0 Å². The minimum absolute atomic E-state index is 0.0116. The number of hydrogen-bond acceptors (Lipinski definition) is 3. The van der Waals surface area contributed by atoms with Gasteiger partial charge < -0.3 is 15.3 Å². The van der Waals surface area contributed by atoms with Gasteiger partial charge in [-0.05, 0) is 6.92 Å². The second-order valence-electron chi connectivity index (χ2n) is 2.04. The van der Waals surface area contributed by atoms with Crippen LogP contribution < -0.4 is 5.73 Å². The van der Waals surface area contributed by atoms with Crippen LogP contribution in [0.15, 0.2) is 0 Å². The van der Waals surface area contributed by atoms with Crippen LogP contribution in [-0.2, 0) is 9.59 Å². The number of hydrogen-bond donors (Lipinski definition) is 1. The molecular formula is C6H11NO2. The Kier molecular flexibility index (Phi) is 3.88. The second-order valence-corrected chi connectivity index (χ2v) is 2.04. The third-order valence-electron chi connectivity index (χ3n) is 1.04. The third-order valence-corrected chi connectivity index (χ3v) is 1.04. The molecule has 9 heavy (non-hydrogen) atoms. The van der Waals surface area contributed by atoms with Crippen LogP contribution in [-0.4, -0.2) is 18.6 Å². The van der Waals surface area contributed by atoms with Crippen LogP contribution in [0.2, 0.25) is 0 Å². The summed E-state index contributed by atoms with van der Waals surface area (Å²) >= 11 is 0. The first-order chi connectivity index (χ1) is 4.20. The lowest BCUT2D eigenvalue weighted by Gasteiger charge is -2.00. The predicted octanol–water partition coefficient (Wildman–Crippen LogP) is -0.261. The highest BCUT2D eigenvalue weighted by Gasteiger charge is 2.06. The molecule has 0 amide bonds. The fraction of sp³-hybridized carbons (Fsp3) is 0.667. The number of ketones is 1. The SMILES string of the molecule is CC(=O)CC(C=O)CN. The van der Waals surface area contributed by atoms with E-state index in [0.717, 1.165) is 6.29 Å². The Labute approximate surface area is 54.2 Å². The molecule has 0 heterocycles. The van der Waals surface area contributed by atoms with Crippen molar-refractivity contribution < 1.29 is 9.59 Å². The molecule has 1 atom stereocenters. The summed E-state index contributed by atoms with van der Waals surface area (Å²) in [6.45, 7) is 1.72. The summed E-state index contributed by atoms with van der Waals surface area (Å²) in [6.07, 6.45) is 1.00. The molecule has 0 aliphatic heterocycles. The van der Waals surface area contributed by atoms with Gasteiger partial charge >= 0.3 is 0 Å². The minimum Gasteiger partial charge on any atom is -0.330 e. The zero-order chi connectivity index (χ0) is 7.28. The van der Waals surface area contributed by atoms with Crippen molar-refractivity contribution in [2.45, 2.75) is 13.3 Å². The molecule has 0 spiro atoms. The van der Waals surface area contributed by atoms with Crippen LogP contribution in [0.5, 0.6) is 0 Å². The topological polar surface area (TPSA) is 60.2 Å². The molecule has 1 unspecified atom stereocenters. The van der Waals surface area contributed by atoms with Crippen molar-refractivity contribution in [1.82, 2.24) is 0 Å². The van der Waals surface area contributed by atoms with E-state index in [-0.39, 0.29) is 24.7 Å². The van der Waals surface area contributed by atoms with Gasteiger partial charge in [0.1, 0.15) is 12.1 Å². The van der Waals surface area contributed by atoms with Gasteiger partial charge in [-0.15, -0.1) is 0 Å². The molecule has 0 bridgehead atoms. The Bertz CT molecular complexity index is 112. The van der Waals surface area contributed by atoms with Crippen LogP contribution in [0.3, 0.4) is 0 Å². The van der Waals surface area contributed by atoms with Crippen molar-refractivity contribution in [1.29, 1.82) is 0 Å².